The van der Waals surface area contributed by atoms with E-state index in [1.54, 1.807) is 46.6 Å². The molecule has 0 fully saturated rings. The summed E-state index contributed by atoms with van der Waals surface area (Å²) in [6.07, 6.45) is 4.61. The lowest BCUT2D eigenvalue weighted by Crippen LogP contribution is -2.37. The van der Waals surface area contributed by atoms with E-state index in [1.165, 1.54) is 4.90 Å². The molecular weight excluding hydrogens is 308 g/mol. The third-order valence-corrected chi connectivity index (χ3v) is 4.43. The number of amides is 1. The Bertz CT molecular complexity index is 677. The number of hydrogen-bond acceptors (Lipinski definition) is 3. The van der Waals surface area contributed by atoms with E-state index in [-0.39, 0.29) is 0 Å². The van der Waals surface area contributed by atoms with E-state index < -0.39 is 11.7 Å². The molecule has 0 aliphatic heterocycles. The molecule has 0 N–H and O–H groups in total. The number of aromatic nitrogens is 1. The van der Waals surface area contributed by atoms with Crippen molar-refractivity contribution in [2.45, 2.75) is 24.8 Å². The van der Waals surface area contributed by atoms with Gasteiger partial charge in [-0.15, -0.1) is 11.8 Å². The fourth-order valence-electron chi connectivity index (χ4n) is 2.42. The first kappa shape index (κ1) is 17.3. The van der Waals surface area contributed by atoms with Crippen LogP contribution in [0.3, 0.4) is 0 Å². The SMILES string of the molecule is CCCN(Cc1ccc(SC)cc1)C(=O)C(=O)c1cccn1C. The van der Waals surface area contributed by atoms with Crippen molar-refractivity contribution in [1.82, 2.24) is 9.47 Å². The molecule has 0 unspecified atom stereocenters. The van der Waals surface area contributed by atoms with E-state index in [0.29, 0.717) is 18.8 Å². The van der Waals surface area contributed by atoms with Crippen LogP contribution < -0.4 is 0 Å². The minimum absolute atomic E-state index is 0.425. The van der Waals surface area contributed by atoms with E-state index in [9.17, 15) is 9.59 Å². The highest BCUT2D eigenvalue weighted by atomic mass is 32.2. The molecule has 5 heteroatoms. The van der Waals surface area contributed by atoms with Gasteiger partial charge < -0.3 is 9.47 Å². The molecular formula is C18H22N2O2S. The number of aryl methyl sites for hydroxylation is 1. The number of hydrogen-bond donors (Lipinski definition) is 0. The minimum Gasteiger partial charge on any atom is -0.348 e. The fourth-order valence-corrected chi connectivity index (χ4v) is 2.83. The predicted octanol–water partition coefficient (Wildman–Crippen LogP) is 3.37. The van der Waals surface area contributed by atoms with Gasteiger partial charge in [-0.2, -0.15) is 0 Å². The average Bonchev–Trinajstić information content (AvgIpc) is 2.99. The number of nitrogens with zero attached hydrogens (tertiary/aromatic N) is 2. The molecule has 1 aromatic carbocycles. The zero-order valence-corrected chi connectivity index (χ0v) is 14.6. The molecule has 0 spiro atoms. The van der Waals surface area contributed by atoms with Crippen molar-refractivity contribution < 1.29 is 9.59 Å². The maximum Gasteiger partial charge on any atom is 0.296 e. The summed E-state index contributed by atoms with van der Waals surface area (Å²) in [6, 6.07) is 11.5. The third-order valence-electron chi connectivity index (χ3n) is 3.68. The molecule has 1 heterocycles. The first-order valence-electron chi connectivity index (χ1n) is 7.64. The quantitative estimate of drug-likeness (QED) is 0.444. The van der Waals surface area contributed by atoms with E-state index >= 15 is 0 Å². The second-order valence-corrected chi connectivity index (χ2v) is 6.29. The van der Waals surface area contributed by atoms with Gasteiger partial charge in [-0.1, -0.05) is 19.1 Å². The summed E-state index contributed by atoms with van der Waals surface area (Å²) in [5, 5.41) is 0. The summed E-state index contributed by atoms with van der Waals surface area (Å²) in [6.45, 7) is 3.03. The summed E-state index contributed by atoms with van der Waals surface area (Å²) in [5.41, 5.74) is 1.46. The summed E-state index contributed by atoms with van der Waals surface area (Å²) in [4.78, 5) is 27.8. The second-order valence-electron chi connectivity index (χ2n) is 5.41. The van der Waals surface area contributed by atoms with Crippen molar-refractivity contribution >= 4 is 23.5 Å². The maximum atomic E-state index is 12.6. The van der Waals surface area contributed by atoms with Gasteiger partial charge in [0, 0.05) is 31.2 Å². The van der Waals surface area contributed by atoms with Crippen LogP contribution in [0.15, 0.2) is 47.5 Å². The van der Waals surface area contributed by atoms with E-state index in [4.69, 9.17) is 0 Å². The highest BCUT2D eigenvalue weighted by Gasteiger charge is 2.24. The van der Waals surface area contributed by atoms with Crippen molar-refractivity contribution in [3.63, 3.8) is 0 Å². The van der Waals surface area contributed by atoms with Gasteiger partial charge in [-0.3, -0.25) is 9.59 Å². The molecule has 0 saturated carbocycles. The number of rotatable bonds is 7. The monoisotopic (exact) mass is 330 g/mol. The Balaban J connectivity index is 2.14. The normalized spacial score (nSPS) is 10.6. The van der Waals surface area contributed by atoms with Crippen LogP contribution in [-0.2, 0) is 18.4 Å². The topological polar surface area (TPSA) is 42.3 Å². The Morgan fingerprint density at radius 1 is 1.17 bits per heavy atom. The van der Waals surface area contributed by atoms with Gasteiger partial charge in [0.15, 0.2) is 0 Å². The Kier molecular flexibility index (Phi) is 6.04. The zero-order chi connectivity index (χ0) is 16.8. The lowest BCUT2D eigenvalue weighted by atomic mass is 10.2. The molecule has 0 aliphatic rings. The van der Waals surface area contributed by atoms with Crippen LogP contribution in [0.4, 0.5) is 0 Å². The van der Waals surface area contributed by atoms with Crippen LogP contribution >= 0.6 is 11.8 Å². The fraction of sp³-hybridized carbons (Fsp3) is 0.333. The van der Waals surface area contributed by atoms with Crippen LogP contribution in [0, 0.1) is 0 Å². The molecule has 0 atom stereocenters. The molecule has 23 heavy (non-hydrogen) atoms. The molecule has 0 aliphatic carbocycles. The maximum absolute atomic E-state index is 12.6. The largest absolute Gasteiger partial charge is 0.348 e. The van der Waals surface area contributed by atoms with Crippen LogP contribution in [0.1, 0.15) is 29.4 Å². The Morgan fingerprint density at radius 3 is 2.39 bits per heavy atom. The van der Waals surface area contributed by atoms with E-state index in [0.717, 1.165) is 12.0 Å². The van der Waals surface area contributed by atoms with Crippen LogP contribution in [-0.4, -0.2) is 34.0 Å². The highest BCUT2D eigenvalue weighted by molar-refractivity contribution is 7.98. The molecule has 0 bridgehead atoms. The third kappa shape index (κ3) is 4.26. The highest BCUT2D eigenvalue weighted by Crippen LogP contribution is 2.16. The molecule has 1 amide bonds. The van der Waals surface area contributed by atoms with Crippen molar-refractivity contribution in [3.05, 3.63) is 53.9 Å². The first-order valence-corrected chi connectivity index (χ1v) is 8.87. The zero-order valence-electron chi connectivity index (χ0n) is 13.8. The molecule has 4 nitrogen and oxygen atoms in total. The number of ketones is 1. The number of benzene rings is 1. The summed E-state index contributed by atoms with van der Waals surface area (Å²) in [7, 11) is 1.77. The average molecular weight is 330 g/mol. The minimum atomic E-state index is -0.452. The van der Waals surface area contributed by atoms with Gasteiger partial charge in [0.05, 0.1) is 5.69 Å². The van der Waals surface area contributed by atoms with Gasteiger partial charge in [-0.05, 0) is 42.5 Å². The molecule has 0 radical (unpaired) electrons. The van der Waals surface area contributed by atoms with E-state index in [2.05, 4.69) is 0 Å². The lowest BCUT2D eigenvalue weighted by Gasteiger charge is -2.21. The number of carbonyl (C=O) groups excluding carboxylic acids is 2. The standard InChI is InChI=1S/C18H22N2O2S/c1-4-11-20(13-14-7-9-15(23-3)10-8-14)18(22)17(21)16-6-5-12-19(16)2/h5-10,12H,4,11,13H2,1-3H3. The molecule has 2 rings (SSSR count). The lowest BCUT2D eigenvalue weighted by molar-refractivity contribution is -0.127. The van der Waals surface area contributed by atoms with Crippen molar-refractivity contribution in [2.75, 3.05) is 12.8 Å². The summed E-state index contributed by atoms with van der Waals surface area (Å²) < 4.78 is 1.68. The smallest absolute Gasteiger partial charge is 0.296 e. The Labute approximate surface area is 141 Å². The molecule has 2 aromatic rings. The molecule has 0 saturated heterocycles. The van der Waals surface area contributed by atoms with Gasteiger partial charge >= 0.3 is 0 Å². The van der Waals surface area contributed by atoms with Crippen LogP contribution in [0.5, 0.6) is 0 Å². The Hall–Kier alpha value is -2.01. The van der Waals surface area contributed by atoms with Gasteiger partial charge in [0.2, 0.25) is 0 Å². The first-order chi connectivity index (χ1) is 11.1. The Morgan fingerprint density at radius 2 is 1.87 bits per heavy atom. The van der Waals surface area contributed by atoms with Crippen molar-refractivity contribution in [2.24, 2.45) is 7.05 Å². The van der Waals surface area contributed by atoms with Gasteiger partial charge in [0.25, 0.3) is 11.7 Å². The van der Waals surface area contributed by atoms with E-state index in [1.807, 2.05) is 37.4 Å². The van der Waals surface area contributed by atoms with Gasteiger partial charge in [-0.25, -0.2) is 0 Å². The summed E-state index contributed by atoms with van der Waals surface area (Å²) in [5.74, 6) is -0.894. The number of carbonyl (C=O) groups is 2. The van der Waals surface area contributed by atoms with Crippen molar-refractivity contribution in [1.29, 1.82) is 0 Å². The number of thioether (sulfide) groups is 1. The summed E-state index contributed by atoms with van der Waals surface area (Å²) >= 11 is 1.68. The van der Waals surface area contributed by atoms with Crippen LogP contribution in [0.25, 0.3) is 0 Å². The predicted molar refractivity (Wildman–Crippen MR) is 93.7 cm³/mol. The van der Waals surface area contributed by atoms with Crippen molar-refractivity contribution in [3.8, 4) is 0 Å². The molecule has 122 valence electrons. The number of Topliss-reactive ketones (excluding diaryl/α,β-unsaturated/α-hetero) is 1. The van der Waals surface area contributed by atoms with Crippen LogP contribution in [0.2, 0.25) is 0 Å². The van der Waals surface area contributed by atoms with Gasteiger partial charge in [0.1, 0.15) is 0 Å². The second kappa shape index (κ2) is 8.02. The molecule has 1 aromatic heterocycles.